The molecule has 0 spiro atoms. The number of carboxylic acids is 2. The van der Waals surface area contributed by atoms with Crippen LogP contribution in [0.1, 0.15) is 20.8 Å². The first-order valence-corrected chi connectivity index (χ1v) is 5.41. The van der Waals surface area contributed by atoms with Crippen molar-refractivity contribution in [2.24, 2.45) is 5.41 Å². The minimum atomic E-state index is -1.24. The molecule has 94 valence electrons. The number of hydrogen-bond donors (Lipinski definition) is 3. The molecule has 2 atom stereocenters. The minimum absolute atomic E-state index is 0.00655. The molecular formula is C12H17NO4. The molecule has 0 saturated carbocycles. The second-order valence-electron chi connectivity index (χ2n) is 4.63. The van der Waals surface area contributed by atoms with E-state index in [2.05, 4.69) is 5.32 Å². The van der Waals surface area contributed by atoms with E-state index in [0.717, 1.165) is 0 Å². The Morgan fingerprint density at radius 3 is 2.41 bits per heavy atom. The summed E-state index contributed by atoms with van der Waals surface area (Å²) in [5, 5.41) is 21.4. The number of allylic oxidation sites excluding steroid dienone is 2. The molecule has 0 radical (unpaired) electrons. The predicted octanol–water partition coefficient (Wildman–Crippen LogP) is 1.02. The topological polar surface area (TPSA) is 86.6 Å². The van der Waals surface area contributed by atoms with Crippen molar-refractivity contribution in [2.75, 3.05) is 0 Å². The van der Waals surface area contributed by atoms with Gasteiger partial charge < -0.3 is 15.5 Å². The summed E-state index contributed by atoms with van der Waals surface area (Å²) < 4.78 is 0. The van der Waals surface area contributed by atoms with E-state index in [-0.39, 0.29) is 11.6 Å². The zero-order valence-corrected chi connectivity index (χ0v) is 10.1. The summed E-state index contributed by atoms with van der Waals surface area (Å²) in [6.45, 7) is 5.21. The minimum Gasteiger partial charge on any atom is -0.481 e. The molecule has 0 heterocycles. The summed E-state index contributed by atoms with van der Waals surface area (Å²) in [5.74, 6) is -2.14. The first kappa shape index (κ1) is 13.4. The fourth-order valence-corrected chi connectivity index (χ4v) is 1.85. The van der Waals surface area contributed by atoms with Gasteiger partial charge in [0.25, 0.3) is 0 Å². The number of carbonyl (C=O) groups is 2. The highest BCUT2D eigenvalue weighted by atomic mass is 16.4. The van der Waals surface area contributed by atoms with Crippen LogP contribution in [0.3, 0.4) is 0 Å². The normalized spacial score (nSPS) is 28.0. The van der Waals surface area contributed by atoms with Crippen LogP contribution < -0.4 is 5.32 Å². The molecule has 0 aromatic carbocycles. The van der Waals surface area contributed by atoms with Crippen LogP contribution in [-0.2, 0) is 9.59 Å². The molecule has 0 fully saturated rings. The summed E-state index contributed by atoms with van der Waals surface area (Å²) in [6, 6.07) is -0.740. The summed E-state index contributed by atoms with van der Waals surface area (Å²) in [6.07, 6.45) is 4.44. The van der Waals surface area contributed by atoms with Crippen LogP contribution in [-0.4, -0.2) is 34.2 Å². The third-order valence-corrected chi connectivity index (χ3v) is 2.84. The average Bonchev–Trinajstić information content (AvgIpc) is 2.19. The molecule has 0 bridgehead atoms. The van der Waals surface area contributed by atoms with Gasteiger partial charge in [-0.1, -0.05) is 32.1 Å². The Labute approximate surface area is 99.8 Å². The highest BCUT2D eigenvalue weighted by Crippen LogP contribution is 2.32. The molecule has 1 aliphatic rings. The average molecular weight is 239 g/mol. The second kappa shape index (κ2) is 4.71. The maximum absolute atomic E-state index is 11.3. The van der Waals surface area contributed by atoms with Crippen LogP contribution >= 0.6 is 0 Å². The van der Waals surface area contributed by atoms with Gasteiger partial charge in [-0.25, -0.2) is 4.79 Å². The van der Waals surface area contributed by atoms with E-state index in [1.54, 1.807) is 0 Å². The lowest BCUT2D eigenvalue weighted by Gasteiger charge is -2.35. The molecule has 17 heavy (non-hydrogen) atoms. The van der Waals surface area contributed by atoms with E-state index in [4.69, 9.17) is 5.11 Å². The number of rotatable bonds is 4. The molecule has 5 heteroatoms. The first-order chi connectivity index (χ1) is 7.79. The third kappa shape index (κ3) is 2.55. The highest BCUT2D eigenvalue weighted by molar-refractivity contribution is 5.92. The fraction of sp³-hybridized carbons (Fsp3) is 0.500. The van der Waals surface area contributed by atoms with Crippen molar-refractivity contribution in [1.29, 1.82) is 0 Å². The standard InChI is InChI=1S/C12H17NO4/c1-7(2)13-9-8(10(14)15)5-4-6-12(9,3)11(16)17/h4-7,9,13H,1-3H3,(H,14,15)(H,16,17). The lowest BCUT2D eigenvalue weighted by molar-refractivity contribution is -0.146. The van der Waals surface area contributed by atoms with Gasteiger partial charge in [-0.05, 0) is 6.92 Å². The lowest BCUT2D eigenvalue weighted by Crippen LogP contribution is -2.52. The van der Waals surface area contributed by atoms with Crippen molar-refractivity contribution in [2.45, 2.75) is 32.9 Å². The first-order valence-electron chi connectivity index (χ1n) is 5.41. The highest BCUT2D eigenvalue weighted by Gasteiger charge is 2.44. The summed E-state index contributed by atoms with van der Waals surface area (Å²) in [7, 11) is 0. The zero-order valence-electron chi connectivity index (χ0n) is 10.1. The van der Waals surface area contributed by atoms with Crippen LogP contribution in [0, 0.1) is 5.41 Å². The molecule has 2 unspecified atom stereocenters. The van der Waals surface area contributed by atoms with E-state index in [1.807, 2.05) is 13.8 Å². The third-order valence-electron chi connectivity index (χ3n) is 2.84. The van der Waals surface area contributed by atoms with Crippen LogP contribution in [0.5, 0.6) is 0 Å². The van der Waals surface area contributed by atoms with Crippen LogP contribution in [0.4, 0.5) is 0 Å². The predicted molar refractivity (Wildman–Crippen MR) is 62.7 cm³/mol. The quantitative estimate of drug-likeness (QED) is 0.682. The zero-order chi connectivity index (χ0) is 13.2. The largest absolute Gasteiger partial charge is 0.481 e. The Balaban J connectivity index is 3.18. The van der Waals surface area contributed by atoms with Gasteiger partial charge in [-0.15, -0.1) is 0 Å². The van der Waals surface area contributed by atoms with Gasteiger partial charge in [-0.3, -0.25) is 4.79 Å². The van der Waals surface area contributed by atoms with Gasteiger partial charge in [0.1, 0.15) is 5.41 Å². The maximum atomic E-state index is 11.3. The van der Waals surface area contributed by atoms with Crippen molar-refractivity contribution < 1.29 is 19.8 Å². The Kier molecular flexibility index (Phi) is 3.72. The van der Waals surface area contributed by atoms with Crippen molar-refractivity contribution in [3.8, 4) is 0 Å². The smallest absolute Gasteiger partial charge is 0.333 e. The van der Waals surface area contributed by atoms with Gasteiger partial charge in [0.05, 0.1) is 11.6 Å². The van der Waals surface area contributed by atoms with Gasteiger partial charge >= 0.3 is 11.9 Å². The van der Waals surface area contributed by atoms with E-state index >= 15 is 0 Å². The van der Waals surface area contributed by atoms with Crippen molar-refractivity contribution >= 4 is 11.9 Å². The Morgan fingerprint density at radius 2 is 2.00 bits per heavy atom. The van der Waals surface area contributed by atoms with E-state index in [9.17, 15) is 14.7 Å². The van der Waals surface area contributed by atoms with Crippen molar-refractivity contribution in [3.63, 3.8) is 0 Å². The van der Waals surface area contributed by atoms with Crippen LogP contribution in [0.25, 0.3) is 0 Å². The monoisotopic (exact) mass is 239 g/mol. The van der Waals surface area contributed by atoms with Crippen molar-refractivity contribution in [3.05, 3.63) is 23.8 Å². The van der Waals surface area contributed by atoms with Gasteiger partial charge in [0.2, 0.25) is 0 Å². The number of hydrogen-bond acceptors (Lipinski definition) is 3. The molecule has 0 saturated heterocycles. The lowest BCUT2D eigenvalue weighted by atomic mass is 9.75. The molecule has 0 aliphatic heterocycles. The summed E-state index contributed by atoms with van der Waals surface area (Å²) in [5.41, 5.74) is -1.17. The van der Waals surface area contributed by atoms with Gasteiger partial charge in [0, 0.05) is 6.04 Å². The Hall–Kier alpha value is -1.62. The van der Waals surface area contributed by atoms with E-state index in [1.165, 1.54) is 25.2 Å². The number of carboxylic acid groups (broad SMARTS) is 2. The fourth-order valence-electron chi connectivity index (χ4n) is 1.85. The second-order valence-corrected chi connectivity index (χ2v) is 4.63. The molecule has 0 amide bonds. The molecule has 1 aliphatic carbocycles. The molecule has 5 nitrogen and oxygen atoms in total. The molecule has 1 rings (SSSR count). The maximum Gasteiger partial charge on any atom is 0.333 e. The van der Waals surface area contributed by atoms with Gasteiger partial charge in [0.15, 0.2) is 0 Å². The molecule has 0 aromatic heterocycles. The Morgan fingerprint density at radius 1 is 1.41 bits per heavy atom. The molecule has 0 aromatic rings. The van der Waals surface area contributed by atoms with Gasteiger partial charge in [-0.2, -0.15) is 0 Å². The number of nitrogens with one attached hydrogen (secondary N) is 1. The van der Waals surface area contributed by atoms with Crippen molar-refractivity contribution in [1.82, 2.24) is 5.32 Å². The number of aliphatic carboxylic acids is 2. The van der Waals surface area contributed by atoms with E-state index < -0.39 is 23.4 Å². The van der Waals surface area contributed by atoms with Crippen LogP contribution in [0.2, 0.25) is 0 Å². The van der Waals surface area contributed by atoms with Crippen LogP contribution in [0.15, 0.2) is 23.8 Å². The Bertz CT molecular complexity index is 397. The SMILES string of the molecule is CC(C)NC1C(C(=O)O)=CC=CC1(C)C(=O)O. The van der Waals surface area contributed by atoms with E-state index in [0.29, 0.717) is 0 Å². The summed E-state index contributed by atoms with van der Waals surface area (Å²) >= 11 is 0. The molecular weight excluding hydrogens is 222 g/mol. The summed E-state index contributed by atoms with van der Waals surface area (Å²) in [4.78, 5) is 22.4. The molecule has 3 N–H and O–H groups in total.